The number of rotatable bonds is 2. The highest BCUT2D eigenvalue weighted by molar-refractivity contribution is 5.49. The first-order valence-electron chi connectivity index (χ1n) is 8.53. The number of anilines is 1. The standard InChI is InChI=1S/C17H23N5/c18-12-16-17(20-4-3-19-16)22-7-5-21(6-8-22)15-10-13-1-2-14(9-13)11-15/h3-4,13-15H,1-2,5-11H2. The minimum atomic E-state index is 0.451. The van der Waals surface area contributed by atoms with E-state index in [1.54, 1.807) is 12.4 Å². The molecule has 2 heterocycles. The van der Waals surface area contributed by atoms with Crippen LogP contribution in [0.4, 0.5) is 5.82 Å². The highest BCUT2D eigenvalue weighted by atomic mass is 15.3. The Bertz CT molecular complexity index is 561. The van der Waals surface area contributed by atoms with Crippen molar-refractivity contribution in [2.75, 3.05) is 31.1 Å². The molecule has 0 N–H and O–H groups in total. The third-order valence-electron chi connectivity index (χ3n) is 5.78. The molecule has 0 amide bonds. The molecule has 3 aliphatic rings. The monoisotopic (exact) mass is 297 g/mol. The average Bonchev–Trinajstić information content (AvgIpc) is 2.93. The second-order valence-electron chi connectivity index (χ2n) is 7.03. The first-order chi connectivity index (χ1) is 10.8. The fraction of sp³-hybridized carbons (Fsp3) is 0.706. The molecule has 0 radical (unpaired) electrons. The molecule has 1 aromatic rings. The maximum Gasteiger partial charge on any atom is 0.183 e. The summed E-state index contributed by atoms with van der Waals surface area (Å²) in [5.41, 5.74) is 0.451. The van der Waals surface area contributed by atoms with Gasteiger partial charge in [0.1, 0.15) is 6.07 Å². The van der Waals surface area contributed by atoms with Crippen LogP contribution in [-0.4, -0.2) is 47.1 Å². The zero-order chi connectivity index (χ0) is 14.9. The van der Waals surface area contributed by atoms with E-state index in [1.165, 1.54) is 32.1 Å². The van der Waals surface area contributed by atoms with Crippen LogP contribution < -0.4 is 4.90 Å². The minimum Gasteiger partial charge on any atom is -0.352 e. The highest BCUT2D eigenvalue weighted by Gasteiger charge is 2.37. The number of aromatic nitrogens is 2. The van der Waals surface area contributed by atoms with E-state index in [-0.39, 0.29) is 0 Å². The molecule has 5 heteroatoms. The molecular weight excluding hydrogens is 274 g/mol. The SMILES string of the molecule is N#Cc1nccnc1N1CCN(C2CC3CCC(C3)C2)CC1. The van der Waals surface area contributed by atoms with Gasteiger partial charge in [-0.2, -0.15) is 5.26 Å². The smallest absolute Gasteiger partial charge is 0.183 e. The fourth-order valence-corrected chi connectivity index (χ4v) is 4.71. The van der Waals surface area contributed by atoms with Crippen molar-refractivity contribution in [3.8, 4) is 6.07 Å². The highest BCUT2D eigenvalue weighted by Crippen LogP contribution is 2.43. The van der Waals surface area contributed by atoms with Crippen LogP contribution in [0.15, 0.2) is 12.4 Å². The number of hydrogen-bond acceptors (Lipinski definition) is 5. The van der Waals surface area contributed by atoms with E-state index in [2.05, 4.69) is 25.8 Å². The topological polar surface area (TPSA) is 56.1 Å². The molecule has 5 nitrogen and oxygen atoms in total. The minimum absolute atomic E-state index is 0.451. The molecule has 2 aliphatic carbocycles. The first-order valence-corrected chi connectivity index (χ1v) is 8.53. The molecule has 1 saturated heterocycles. The summed E-state index contributed by atoms with van der Waals surface area (Å²) >= 11 is 0. The van der Waals surface area contributed by atoms with Gasteiger partial charge in [-0.05, 0) is 31.1 Å². The molecule has 3 fully saturated rings. The van der Waals surface area contributed by atoms with Crippen LogP contribution in [0.2, 0.25) is 0 Å². The van der Waals surface area contributed by atoms with E-state index in [9.17, 15) is 5.26 Å². The quantitative estimate of drug-likeness (QED) is 0.836. The zero-order valence-electron chi connectivity index (χ0n) is 13.0. The summed E-state index contributed by atoms with van der Waals surface area (Å²) < 4.78 is 0. The lowest BCUT2D eigenvalue weighted by Gasteiger charge is -2.42. The van der Waals surface area contributed by atoms with Crippen LogP contribution in [0.25, 0.3) is 0 Å². The second-order valence-corrected chi connectivity index (χ2v) is 7.03. The van der Waals surface area contributed by atoms with Crippen LogP contribution >= 0.6 is 0 Å². The lowest BCUT2D eigenvalue weighted by molar-refractivity contribution is 0.119. The molecule has 0 spiro atoms. The van der Waals surface area contributed by atoms with Crippen LogP contribution in [0.1, 0.15) is 37.8 Å². The first kappa shape index (κ1) is 14.0. The molecule has 116 valence electrons. The van der Waals surface area contributed by atoms with E-state index in [0.717, 1.165) is 49.9 Å². The molecule has 1 aliphatic heterocycles. The lowest BCUT2D eigenvalue weighted by atomic mass is 9.84. The van der Waals surface area contributed by atoms with E-state index in [0.29, 0.717) is 5.69 Å². The van der Waals surface area contributed by atoms with E-state index in [1.807, 2.05) is 0 Å². The van der Waals surface area contributed by atoms with Gasteiger partial charge in [0.15, 0.2) is 11.5 Å². The summed E-state index contributed by atoms with van der Waals surface area (Å²) in [6.07, 6.45) is 10.5. The van der Waals surface area contributed by atoms with Crippen molar-refractivity contribution in [2.45, 2.75) is 38.1 Å². The van der Waals surface area contributed by atoms with Crippen molar-refractivity contribution in [1.29, 1.82) is 5.26 Å². The van der Waals surface area contributed by atoms with Crippen molar-refractivity contribution in [1.82, 2.24) is 14.9 Å². The van der Waals surface area contributed by atoms with Crippen LogP contribution in [0.5, 0.6) is 0 Å². The molecule has 2 atom stereocenters. The van der Waals surface area contributed by atoms with E-state index in [4.69, 9.17) is 0 Å². The van der Waals surface area contributed by atoms with Gasteiger partial charge in [0, 0.05) is 44.6 Å². The van der Waals surface area contributed by atoms with Crippen LogP contribution in [0, 0.1) is 23.2 Å². The van der Waals surface area contributed by atoms with Gasteiger partial charge < -0.3 is 4.90 Å². The maximum absolute atomic E-state index is 9.18. The third-order valence-corrected chi connectivity index (χ3v) is 5.78. The Balaban J connectivity index is 1.39. The largest absolute Gasteiger partial charge is 0.352 e. The van der Waals surface area contributed by atoms with Gasteiger partial charge in [0.05, 0.1) is 0 Å². The van der Waals surface area contributed by atoms with E-state index >= 15 is 0 Å². The lowest BCUT2D eigenvalue weighted by Crippen LogP contribution is -2.52. The molecule has 1 aromatic heterocycles. The maximum atomic E-state index is 9.18. The van der Waals surface area contributed by atoms with Gasteiger partial charge in [-0.25, -0.2) is 9.97 Å². The van der Waals surface area contributed by atoms with E-state index < -0.39 is 0 Å². The van der Waals surface area contributed by atoms with Crippen molar-refractivity contribution in [3.63, 3.8) is 0 Å². The molecular formula is C17H23N5. The zero-order valence-corrected chi connectivity index (χ0v) is 13.0. The Hall–Kier alpha value is -1.67. The average molecular weight is 297 g/mol. The fourth-order valence-electron chi connectivity index (χ4n) is 4.71. The number of nitriles is 1. The Morgan fingerprint density at radius 3 is 2.32 bits per heavy atom. The van der Waals surface area contributed by atoms with Gasteiger partial charge in [0.25, 0.3) is 0 Å². The summed E-state index contributed by atoms with van der Waals surface area (Å²) in [4.78, 5) is 13.4. The molecule has 0 aromatic carbocycles. The Labute approximate surface area is 132 Å². The van der Waals surface area contributed by atoms with Crippen molar-refractivity contribution >= 4 is 5.82 Å². The predicted octanol–water partition coefficient (Wildman–Crippen LogP) is 2.05. The molecule has 2 saturated carbocycles. The van der Waals surface area contributed by atoms with Gasteiger partial charge in [-0.1, -0.05) is 12.8 Å². The number of fused-ring (bicyclic) bond motifs is 2. The Morgan fingerprint density at radius 2 is 1.64 bits per heavy atom. The Morgan fingerprint density at radius 1 is 0.955 bits per heavy atom. The van der Waals surface area contributed by atoms with Gasteiger partial charge in [-0.3, -0.25) is 4.90 Å². The predicted molar refractivity (Wildman–Crippen MR) is 84.4 cm³/mol. The molecule has 22 heavy (non-hydrogen) atoms. The van der Waals surface area contributed by atoms with Crippen LogP contribution in [-0.2, 0) is 0 Å². The van der Waals surface area contributed by atoms with Crippen molar-refractivity contribution in [3.05, 3.63) is 18.1 Å². The Kier molecular flexibility index (Phi) is 3.71. The number of nitrogens with zero attached hydrogens (tertiary/aromatic N) is 5. The third kappa shape index (κ3) is 2.56. The molecule has 2 bridgehead atoms. The number of hydrogen-bond donors (Lipinski definition) is 0. The van der Waals surface area contributed by atoms with Crippen molar-refractivity contribution < 1.29 is 0 Å². The second kappa shape index (κ2) is 5.85. The summed E-state index contributed by atoms with van der Waals surface area (Å²) in [6.45, 7) is 4.09. The van der Waals surface area contributed by atoms with Crippen molar-refractivity contribution in [2.24, 2.45) is 11.8 Å². The molecule has 4 rings (SSSR count). The molecule has 2 unspecified atom stereocenters. The number of piperazine rings is 1. The summed E-state index contributed by atoms with van der Waals surface area (Å²) in [5, 5.41) is 9.18. The normalized spacial score (nSPS) is 32.0. The summed E-state index contributed by atoms with van der Waals surface area (Å²) in [7, 11) is 0. The summed E-state index contributed by atoms with van der Waals surface area (Å²) in [6, 6.07) is 2.96. The summed E-state index contributed by atoms with van der Waals surface area (Å²) in [5.74, 6) is 2.74. The van der Waals surface area contributed by atoms with Gasteiger partial charge in [-0.15, -0.1) is 0 Å². The van der Waals surface area contributed by atoms with Gasteiger partial charge >= 0.3 is 0 Å². The van der Waals surface area contributed by atoms with Gasteiger partial charge in [0.2, 0.25) is 0 Å². The van der Waals surface area contributed by atoms with Crippen LogP contribution in [0.3, 0.4) is 0 Å².